The number of hydrogen-bond acceptors (Lipinski definition) is 4. The van der Waals surface area contributed by atoms with Gasteiger partial charge in [-0.3, -0.25) is 14.5 Å². The lowest BCUT2D eigenvalue weighted by Gasteiger charge is -2.18. The molecule has 0 fully saturated rings. The molecule has 28 heavy (non-hydrogen) atoms. The minimum atomic E-state index is -0.169. The van der Waals surface area contributed by atoms with Gasteiger partial charge in [0.25, 0.3) is 5.91 Å². The molecule has 0 N–H and O–H groups in total. The molecule has 1 aliphatic heterocycles. The summed E-state index contributed by atoms with van der Waals surface area (Å²) in [7, 11) is 1.76. The molecule has 4 rings (SSSR count). The summed E-state index contributed by atoms with van der Waals surface area (Å²) in [5.74, 6) is -0.244. The maximum atomic E-state index is 12.6. The third-order valence-corrected chi connectivity index (χ3v) is 5.54. The van der Waals surface area contributed by atoms with Crippen molar-refractivity contribution in [3.8, 4) is 0 Å². The van der Waals surface area contributed by atoms with Crippen LogP contribution in [0.1, 0.15) is 18.2 Å². The minimum Gasteiger partial charge on any atom is -0.311 e. The molecule has 2 aromatic carbocycles. The zero-order chi connectivity index (χ0) is 19.8. The molecule has 2 amide bonds. The van der Waals surface area contributed by atoms with Gasteiger partial charge < -0.3 is 4.90 Å². The molecule has 3 aromatic rings. The van der Waals surface area contributed by atoms with E-state index in [9.17, 15) is 9.59 Å². The Labute approximate surface area is 171 Å². The fourth-order valence-corrected chi connectivity index (χ4v) is 4.20. The molecule has 5 nitrogen and oxygen atoms in total. The average Bonchev–Trinajstić information content (AvgIpc) is 3.21. The van der Waals surface area contributed by atoms with E-state index in [2.05, 4.69) is 4.98 Å². The lowest BCUT2D eigenvalue weighted by atomic mass is 10.1. The summed E-state index contributed by atoms with van der Waals surface area (Å²) >= 11 is 7.41. The van der Waals surface area contributed by atoms with Gasteiger partial charge in [-0.2, -0.15) is 0 Å². The monoisotopic (exact) mass is 409 g/mol. The molecular formula is C21H16ClN3O2S. The quantitative estimate of drug-likeness (QED) is 0.572. The first-order valence-corrected chi connectivity index (χ1v) is 9.82. The van der Waals surface area contributed by atoms with Crippen molar-refractivity contribution >= 4 is 62.9 Å². The predicted molar refractivity (Wildman–Crippen MR) is 114 cm³/mol. The molecular weight excluding hydrogens is 394 g/mol. The molecule has 0 unspecified atom stereocenters. The van der Waals surface area contributed by atoms with Crippen molar-refractivity contribution in [1.82, 2.24) is 4.98 Å². The van der Waals surface area contributed by atoms with Crippen LogP contribution in [-0.2, 0) is 9.59 Å². The molecule has 0 bridgehead atoms. The van der Waals surface area contributed by atoms with E-state index in [0.717, 1.165) is 11.3 Å². The molecule has 7 heteroatoms. The van der Waals surface area contributed by atoms with Crippen LogP contribution < -0.4 is 9.80 Å². The lowest BCUT2D eigenvalue weighted by Crippen LogP contribution is -2.22. The fourth-order valence-electron chi connectivity index (χ4n) is 3.17. The highest BCUT2D eigenvalue weighted by atomic mass is 35.5. The van der Waals surface area contributed by atoms with Gasteiger partial charge in [0, 0.05) is 29.9 Å². The van der Waals surface area contributed by atoms with Crippen LogP contribution in [0.5, 0.6) is 0 Å². The number of aromatic nitrogens is 1. The van der Waals surface area contributed by atoms with Crippen LogP contribution in [-0.4, -0.2) is 23.8 Å². The van der Waals surface area contributed by atoms with Crippen molar-refractivity contribution in [3.63, 3.8) is 0 Å². The zero-order valence-corrected chi connectivity index (χ0v) is 16.8. The highest BCUT2D eigenvalue weighted by molar-refractivity contribution is 7.14. The van der Waals surface area contributed by atoms with E-state index >= 15 is 0 Å². The lowest BCUT2D eigenvalue weighted by molar-refractivity contribution is -0.116. The van der Waals surface area contributed by atoms with Gasteiger partial charge >= 0.3 is 0 Å². The Morgan fingerprint density at radius 3 is 2.75 bits per heavy atom. The van der Waals surface area contributed by atoms with Crippen LogP contribution >= 0.6 is 22.9 Å². The van der Waals surface area contributed by atoms with Gasteiger partial charge in [-0.25, -0.2) is 4.98 Å². The van der Waals surface area contributed by atoms with E-state index < -0.39 is 0 Å². The number of likely N-dealkylation sites (N-methyl/N-ethyl adjacent to an activating group) is 1. The molecule has 2 heterocycles. The summed E-state index contributed by atoms with van der Waals surface area (Å²) in [6.07, 6.45) is 1.76. The summed E-state index contributed by atoms with van der Waals surface area (Å²) in [5.41, 5.74) is 3.62. The van der Waals surface area contributed by atoms with Crippen molar-refractivity contribution in [3.05, 3.63) is 70.2 Å². The third-order valence-electron chi connectivity index (χ3n) is 4.47. The smallest absolute Gasteiger partial charge is 0.258 e. The standard InChI is InChI=1S/C21H16ClN3O2S/c1-13(26)25(16-7-5-6-14(22)10-16)21-23-15(12-28-21)11-18-17-8-3-4-9-19(17)24(2)20(18)27/h3-12H,1-2H3. The van der Waals surface area contributed by atoms with E-state index in [1.165, 1.54) is 23.2 Å². The molecule has 1 aliphatic rings. The Hall–Kier alpha value is -2.96. The first-order valence-electron chi connectivity index (χ1n) is 8.56. The number of fused-ring (bicyclic) bond motifs is 1. The summed E-state index contributed by atoms with van der Waals surface area (Å²) < 4.78 is 0. The first-order chi connectivity index (χ1) is 13.5. The number of hydrogen-bond donors (Lipinski definition) is 0. The van der Waals surface area contributed by atoms with Crippen molar-refractivity contribution in [2.75, 3.05) is 16.8 Å². The molecule has 0 saturated carbocycles. The van der Waals surface area contributed by atoms with Crippen molar-refractivity contribution in [2.24, 2.45) is 0 Å². The van der Waals surface area contributed by atoms with Crippen LogP contribution in [0.3, 0.4) is 0 Å². The average molecular weight is 410 g/mol. The second kappa shape index (κ2) is 7.22. The van der Waals surface area contributed by atoms with E-state index in [4.69, 9.17) is 11.6 Å². The Bertz CT molecular complexity index is 1120. The first kappa shape index (κ1) is 18.4. The molecule has 0 atom stereocenters. The van der Waals surface area contributed by atoms with Gasteiger partial charge in [-0.05, 0) is 30.3 Å². The second-order valence-corrected chi connectivity index (χ2v) is 7.60. The van der Waals surface area contributed by atoms with Gasteiger partial charge in [0.2, 0.25) is 5.91 Å². The number of amides is 2. The van der Waals surface area contributed by atoms with Crippen LogP contribution in [0.25, 0.3) is 11.6 Å². The number of halogens is 1. The Kier molecular flexibility index (Phi) is 4.75. The van der Waals surface area contributed by atoms with Gasteiger partial charge in [-0.1, -0.05) is 35.9 Å². The van der Waals surface area contributed by atoms with Gasteiger partial charge in [0.15, 0.2) is 5.13 Å². The highest BCUT2D eigenvalue weighted by Gasteiger charge is 2.29. The van der Waals surface area contributed by atoms with Crippen LogP contribution in [0.4, 0.5) is 16.5 Å². The number of anilines is 3. The van der Waals surface area contributed by atoms with E-state index in [1.807, 2.05) is 29.6 Å². The SMILES string of the molecule is CC(=O)N(c1cccc(Cl)c1)c1nc(C=C2C(=O)N(C)c3ccccc32)cs1. The number of benzene rings is 2. The number of nitrogens with zero attached hydrogens (tertiary/aromatic N) is 3. The van der Waals surface area contributed by atoms with E-state index in [0.29, 0.717) is 27.1 Å². The molecule has 0 saturated heterocycles. The predicted octanol–water partition coefficient (Wildman–Crippen LogP) is 5.00. The van der Waals surface area contributed by atoms with Gasteiger partial charge in [0.05, 0.1) is 22.6 Å². The molecule has 0 radical (unpaired) electrons. The summed E-state index contributed by atoms with van der Waals surface area (Å²) in [6.45, 7) is 1.48. The van der Waals surface area contributed by atoms with Crippen molar-refractivity contribution in [2.45, 2.75) is 6.92 Å². The van der Waals surface area contributed by atoms with Crippen LogP contribution in [0, 0.1) is 0 Å². The van der Waals surface area contributed by atoms with Crippen molar-refractivity contribution < 1.29 is 9.59 Å². The largest absolute Gasteiger partial charge is 0.311 e. The second-order valence-electron chi connectivity index (χ2n) is 6.33. The van der Waals surface area contributed by atoms with Crippen LogP contribution in [0.15, 0.2) is 53.9 Å². The number of carbonyl (C=O) groups is 2. The fraction of sp³-hybridized carbons (Fsp3) is 0.0952. The molecule has 140 valence electrons. The maximum Gasteiger partial charge on any atom is 0.258 e. The number of carbonyl (C=O) groups excluding carboxylic acids is 2. The topological polar surface area (TPSA) is 53.5 Å². The Balaban J connectivity index is 1.72. The maximum absolute atomic E-state index is 12.6. The molecule has 0 aliphatic carbocycles. The summed E-state index contributed by atoms with van der Waals surface area (Å²) in [4.78, 5) is 32.6. The number of thiazole rings is 1. The van der Waals surface area contributed by atoms with Gasteiger partial charge in [-0.15, -0.1) is 11.3 Å². The van der Waals surface area contributed by atoms with E-state index in [1.54, 1.807) is 42.3 Å². The molecule has 1 aromatic heterocycles. The minimum absolute atomic E-state index is 0.0750. The summed E-state index contributed by atoms with van der Waals surface area (Å²) in [5, 5.41) is 2.89. The highest BCUT2D eigenvalue weighted by Crippen LogP contribution is 2.37. The third kappa shape index (κ3) is 3.21. The molecule has 0 spiro atoms. The van der Waals surface area contributed by atoms with Gasteiger partial charge in [0.1, 0.15) is 0 Å². The number of para-hydroxylation sites is 1. The number of rotatable bonds is 3. The van der Waals surface area contributed by atoms with Crippen molar-refractivity contribution in [1.29, 1.82) is 0 Å². The van der Waals surface area contributed by atoms with E-state index in [-0.39, 0.29) is 11.8 Å². The Morgan fingerprint density at radius 2 is 2.00 bits per heavy atom. The Morgan fingerprint density at radius 1 is 1.21 bits per heavy atom. The normalized spacial score (nSPS) is 14.5. The zero-order valence-electron chi connectivity index (χ0n) is 15.2. The summed E-state index contributed by atoms with van der Waals surface area (Å²) in [6, 6.07) is 14.7. The van der Waals surface area contributed by atoms with Crippen LogP contribution in [0.2, 0.25) is 5.02 Å².